The number of hydrogen-bond donors (Lipinski definition) is 1. The maximum Gasteiger partial charge on any atom is 0.152 e. The van der Waals surface area contributed by atoms with Crippen LogP contribution in [0.25, 0.3) is 18.2 Å². The van der Waals surface area contributed by atoms with E-state index in [1.54, 1.807) is 0 Å². The van der Waals surface area contributed by atoms with Gasteiger partial charge in [0.1, 0.15) is 0 Å². The van der Waals surface area contributed by atoms with Crippen LogP contribution in [0.15, 0.2) is 101 Å². The molecule has 0 saturated carbocycles. The standard InChI is InChI=1S/C38H36N2S/c1-24(2)21-34-25(3)30-17-12-18-31(36(30)41-34)28-19-20-29-23-33(38(4,5)32(29)22-28)35(26-13-8-6-9-14-26)40-37(39)27-15-10-7-11-16-27/h6-17,19-23,31,39H,18H2,1-5H3. The van der Waals surface area contributed by atoms with Crippen LogP contribution in [0.2, 0.25) is 0 Å². The fourth-order valence-electron chi connectivity index (χ4n) is 6.10. The fraction of sp³-hybridized carbons (Fsp3) is 0.211. The number of nitrogens with one attached hydrogen (secondary N) is 1. The summed E-state index contributed by atoms with van der Waals surface area (Å²) in [6, 6.07) is 27.2. The number of rotatable bonds is 5. The third-order valence-corrected chi connectivity index (χ3v) is 9.72. The lowest BCUT2D eigenvalue weighted by molar-refractivity contribution is 0.660. The topological polar surface area (TPSA) is 36.2 Å². The first-order chi connectivity index (χ1) is 19.7. The zero-order chi connectivity index (χ0) is 28.7. The van der Waals surface area contributed by atoms with Crippen molar-refractivity contribution in [2.45, 2.75) is 52.4 Å². The van der Waals surface area contributed by atoms with Crippen molar-refractivity contribution in [1.29, 1.82) is 5.41 Å². The molecule has 41 heavy (non-hydrogen) atoms. The van der Waals surface area contributed by atoms with Crippen molar-refractivity contribution in [2.24, 2.45) is 4.99 Å². The van der Waals surface area contributed by atoms with Gasteiger partial charge in [0.15, 0.2) is 5.84 Å². The first kappa shape index (κ1) is 27.1. The van der Waals surface area contributed by atoms with E-state index in [1.807, 2.05) is 59.9 Å². The highest BCUT2D eigenvalue weighted by Gasteiger charge is 2.37. The van der Waals surface area contributed by atoms with E-state index in [4.69, 9.17) is 10.4 Å². The Labute approximate surface area is 248 Å². The van der Waals surface area contributed by atoms with Crippen molar-refractivity contribution < 1.29 is 0 Å². The highest BCUT2D eigenvalue weighted by atomic mass is 32.1. The van der Waals surface area contributed by atoms with Gasteiger partial charge in [-0.05, 0) is 72.7 Å². The Kier molecular flexibility index (Phi) is 7.09. The van der Waals surface area contributed by atoms with E-state index in [1.165, 1.54) is 43.1 Å². The fourth-order valence-corrected chi connectivity index (χ4v) is 7.60. The molecule has 4 aromatic rings. The van der Waals surface area contributed by atoms with Crippen LogP contribution in [0, 0.1) is 12.3 Å². The molecule has 0 saturated heterocycles. The molecule has 2 nitrogen and oxygen atoms in total. The van der Waals surface area contributed by atoms with Crippen molar-refractivity contribution >= 4 is 41.1 Å². The van der Waals surface area contributed by atoms with Gasteiger partial charge in [-0.25, -0.2) is 4.99 Å². The number of nitrogens with zero attached hydrogens (tertiary/aromatic N) is 1. The highest BCUT2D eigenvalue weighted by molar-refractivity contribution is 7.13. The lowest BCUT2D eigenvalue weighted by Gasteiger charge is -2.28. The summed E-state index contributed by atoms with van der Waals surface area (Å²) in [5.74, 6) is 0.635. The molecule has 0 aliphatic heterocycles. The summed E-state index contributed by atoms with van der Waals surface area (Å²) >= 11 is 1.95. The molecular formula is C38H36N2S. The van der Waals surface area contributed by atoms with Crippen LogP contribution in [0.3, 0.4) is 0 Å². The van der Waals surface area contributed by atoms with E-state index in [9.17, 15) is 0 Å². The predicted molar refractivity (Wildman–Crippen MR) is 178 cm³/mol. The lowest BCUT2D eigenvalue weighted by Crippen LogP contribution is -2.24. The van der Waals surface area contributed by atoms with Crippen molar-refractivity contribution in [3.63, 3.8) is 0 Å². The van der Waals surface area contributed by atoms with Crippen LogP contribution in [-0.4, -0.2) is 11.5 Å². The summed E-state index contributed by atoms with van der Waals surface area (Å²) in [7, 11) is 0. The third kappa shape index (κ3) is 5.00. The second-order valence-corrected chi connectivity index (χ2v) is 12.9. The predicted octanol–water partition coefficient (Wildman–Crippen LogP) is 10.2. The molecule has 0 radical (unpaired) electrons. The van der Waals surface area contributed by atoms with Crippen LogP contribution in [-0.2, 0) is 5.41 Å². The van der Waals surface area contributed by atoms with Gasteiger partial charge in [0.2, 0.25) is 0 Å². The smallest absolute Gasteiger partial charge is 0.152 e. The molecule has 6 rings (SSSR count). The molecule has 0 fully saturated rings. The average molecular weight is 553 g/mol. The first-order valence-corrected chi connectivity index (χ1v) is 15.2. The van der Waals surface area contributed by atoms with Crippen LogP contribution in [0.4, 0.5) is 0 Å². The summed E-state index contributed by atoms with van der Waals surface area (Å²) in [5, 5.41) is 8.84. The minimum absolute atomic E-state index is 0.261. The summed E-state index contributed by atoms with van der Waals surface area (Å²) in [5.41, 5.74) is 11.7. The largest absolute Gasteiger partial charge is 0.282 e. The number of allylic oxidation sites excluding steroid dienone is 3. The van der Waals surface area contributed by atoms with Gasteiger partial charge < -0.3 is 0 Å². The normalized spacial score (nSPS) is 17.0. The monoisotopic (exact) mass is 552 g/mol. The highest BCUT2D eigenvalue weighted by Crippen LogP contribution is 2.47. The summed E-state index contributed by atoms with van der Waals surface area (Å²) in [4.78, 5) is 7.83. The molecule has 1 N–H and O–H groups in total. The van der Waals surface area contributed by atoms with Gasteiger partial charge in [0.25, 0.3) is 0 Å². The van der Waals surface area contributed by atoms with E-state index >= 15 is 0 Å². The molecule has 1 aromatic heterocycles. The number of hydrogen-bond acceptors (Lipinski definition) is 2. The zero-order valence-corrected chi connectivity index (χ0v) is 25.3. The van der Waals surface area contributed by atoms with Gasteiger partial charge in [-0.1, -0.05) is 110 Å². The number of benzene rings is 3. The minimum atomic E-state index is -0.261. The Balaban J connectivity index is 1.40. The number of thiophene rings is 1. The van der Waals surface area contributed by atoms with Gasteiger partial charge >= 0.3 is 0 Å². The molecule has 2 aliphatic carbocycles. The second kappa shape index (κ2) is 10.7. The lowest BCUT2D eigenvalue weighted by atomic mass is 9.76. The number of aliphatic imine (C=N–C) groups is 1. The van der Waals surface area contributed by atoms with Crippen molar-refractivity contribution in [3.8, 4) is 0 Å². The maximum atomic E-state index is 8.84. The van der Waals surface area contributed by atoms with Gasteiger partial charge in [-0.2, -0.15) is 0 Å². The number of amidine groups is 1. The van der Waals surface area contributed by atoms with Gasteiger partial charge in [-0.15, -0.1) is 11.3 Å². The molecule has 204 valence electrons. The van der Waals surface area contributed by atoms with Crippen LogP contribution in [0.5, 0.6) is 0 Å². The molecule has 0 spiro atoms. The minimum Gasteiger partial charge on any atom is -0.282 e. The molecule has 0 bridgehead atoms. The Morgan fingerprint density at radius 3 is 2.32 bits per heavy atom. The summed E-state index contributed by atoms with van der Waals surface area (Å²) in [6.45, 7) is 11.2. The van der Waals surface area contributed by atoms with Gasteiger partial charge in [0, 0.05) is 32.2 Å². The Bertz CT molecular complexity index is 1760. The first-order valence-electron chi connectivity index (χ1n) is 14.3. The summed E-state index contributed by atoms with van der Waals surface area (Å²) in [6.07, 6.45) is 10.3. The SMILES string of the molecule is CC(C)=Cc1sc2c(c1C)C=CCC2c1ccc2c(c1)C(C)(C)C(C(=NC(=N)c1ccccc1)c1ccccc1)=C2. The van der Waals surface area contributed by atoms with Crippen LogP contribution in [0.1, 0.15) is 88.7 Å². The number of fused-ring (bicyclic) bond motifs is 2. The molecule has 0 amide bonds. The average Bonchev–Trinajstić information content (AvgIpc) is 3.43. The molecule has 3 aromatic carbocycles. The van der Waals surface area contributed by atoms with Crippen molar-refractivity contribution in [3.05, 3.63) is 145 Å². The second-order valence-electron chi connectivity index (χ2n) is 11.9. The molecule has 1 heterocycles. The Morgan fingerprint density at radius 1 is 0.951 bits per heavy atom. The van der Waals surface area contributed by atoms with E-state index in [0.29, 0.717) is 5.92 Å². The quantitative estimate of drug-likeness (QED) is 0.189. The van der Waals surface area contributed by atoms with Gasteiger partial charge in [-0.3, -0.25) is 5.41 Å². The van der Waals surface area contributed by atoms with E-state index in [0.717, 1.165) is 28.8 Å². The maximum absolute atomic E-state index is 8.84. The van der Waals surface area contributed by atoms with E-state index in [-0.39, 0.29) is 11.3 Å². The van der Waals surface area contributed by atoms with Crippen molar-refractivity contribution in [2.75, 3.05) is 0 Å². The van der Waals surface area contributed by atoms with Gasteiger partial charge in [0.05, 0.1) is 5.71 Å². The molecule has 2 aliphatic rings. The van der Waals surface area contributed by atoms with E-state index < -0.39 is 0 Å². The molecule has 1 unspecified atom stereocenters. The molecule has 3 heteroatoms. The Hall–Kier alpha value is -4.08. The van der Waals surface area contributed by atoms with Crippen molar-refractivity contribution in [1.82, 2.24) is 0 Å². The third-order valence-electron chi connectivity index (χ3n) is 8.35. The van der Waals surface area contributed by atoms with Crippen LogP contribution >= 0.6 is 11.3 Å². The summed E-state index contributed by atoms with van der Waals surface area (Å²) < 4.78 is 0. The van der Waals surface area contributed by atoms with E-state index in [2.05, 4.69) is 89.3 Å². The molecule has 1 atom stereocenters. The van der Waals surface area contributed by atoms with Crippen LogP contribution < -0.4 is 0 Å². The Morgan fingerprint density at radius 2 is 1.63 bits per heavy atom. The zero-order valence-electron chi connectivity index (χ0n) is 24.5. The molecular weight excluding hydrogens is 516 g/mol.